The minimum absolute atomic E-state index is 0. The standard InChI is InChI=1S/C11H21N2O5PS.Na/c14-10-4-3-5-11(15)13(10)8-2-1-6-12-7-9-20-19(16,17)18;/h12H,1-9H2,(H2,16,17,18);/q;+1/p-1. The fourth-order valence-electron chi connectivity index (χ4n) is 1.93. The van der Waals surface area contributed by atoms with Gasteiger partial charge in [0.05, 0.1) is 0 Å². The summed E-state index contributed by atoms with van der Waals surface area (Å²) >= 11 is 0.516. The molecule has 116 valence electrons. The van der Waals surface area contributed by atoms with Crippen LogP contribution in [-0.4, -0.2) is 47.0 Å². The van der Waals surface area contributed by atoms with Gasteiger partial charge in [-0.2, -0.15) is 0 Å². The van der Waals surface area contributed by atoms with Crippen molar-refractivity contribution in [3.8, 4) is 0 Å². The number of carbonyl (C=O) groups is 2. The van der Waals surface area contributed by atoms with E-state index in [1.807, 2.05) is 0 Å². The van der Waals surface area contributed by atoms with Gasteiger partial charge < -0.3 is 15.1 Å². The smallest absolute Gasteiger partial charge is 0.770 e. The molecule has 10 heteroatoms. The van der Waals surface area contributed by atoms with Gasteiger partial charge in [-0.3, -0.25) is 19.1 Å². The second-order valence-electron chi connectivity index (χ2n) is 4.55. The maximum absolute atomic E-state index is 11.5. The average Bonchev–Trinajstić information content (AvgIpc) is 2.34. The summed E-state index contributed by atoms with van der Waals surface area (Å²) in [6.07, 6.45) is 3.10. The van der Waals surface area contributed by atoms with Crippen molar-refractivity contribution in [2.75, 3.05) is 25.4 Å². The van der Waals surface area contributed by atoms with E-state index in [-0.39, 0.29) is 41.4 Å². The molecule has 0 radical (unpaired) electrons. The van der Waals surface area contributed by atoms with Crippen LogP contribution in [0.15, 0.2) is 0 Å². The third-order valence-corrected chi connectivity index (χ3v) is 5.14. The van der Waals surface area contributed by atoms with E-state index in [0.717, 1.165) is 12.8 Å². The van der Waals surface area contributed by atoms with Gasteiger partial charge in [0.15, 0.2) is 6.80 Å². The molecule has 1 heterocycles. The fourth-order valence-corrected chi connectivity index (χ4v) is 3.36. The summed E-state index contributed by atoms with van der Waals surface area (Å²) in [5.74, 6) is 0.125. The monoisotopic (exact) mass is 346 g/mol. The van der Waals surface area contributed by atoms with Crippen molar-refractivity contribution < 1.29 is 53.5 Å². The maximum Gasteiger partial charge on any atom is 1.00 e. The molecule has 1 aliphatic heterocycles. The van der Waals surface area contributed by atoms with Crippen LogP contribution in [-0.2, 0) is 14.2 Å². The topological polar surface area (TPSA) is 110 Å². The van der Waals surface area contributed by atoms with Gasteiger partial charge in [0, 0.05) is 31.7 Å². The van der Waals surface area contributed by atoms with Crippen molar-refractivity contribution >= 4 is 30.0 Å². The van der Waals surface area contributed by atoms with Crippen LogP contribution in [0.25, 0.3) is 0 Å². The summed E-state index contributed by atoms with van der Waals surface area (Å²) in [4.78, 5) is 43.3. The number of nitrogens with one attached hydrogen (secondary N) is 1. The quantitative estimate of drug-likeness (QED) is 0.199. The minimum Gasteiger partial charge on any atom is -0.770 e. The maximum atomic E-state index is 11.5. The molecule has 0 spiro atoms. The molecule has 0 bridgehead atoms. The summed E-state index contributed by atoms with van der Waals surface area (Å²) in [6, 6.07) is 0. The van der Waals surface area contributed by atoms with Crippen LogP contribution in [0.1, 0.15) is 32.1 Å². The molecule has 1 atom stereocenters. The first-order chi connectivity index (χ1) is 9.40. The van der Waals surface area contributed by atoms with E-state index in [4.69, 9.17) is 4.89 Å². The van der Waals surface area contributed by atoms with Crippen molar-refractivity contribution in [2.45, 2.75) is 32.1 Å². The summed E-state index contributed by atoms with van der Waals surface area (Å²) in [5.41, 5.74) is 0. The normalized spacial score (nSPS) is 18.3. The van der Waals surface area contributed by atoms with Crippen molar-refractivity contribution in [1.82, 2.24) is 10.2 Å². The molecule has 0 aliphatic carbocycles. The largest absolute Gasteiger partial charge is 1.00 e. The van der Waals surface area contributed by atoms with Gasteiger partial charge in [-0.05, 0) is 25.8 Å². The minimum atomic E-state index is -4.21. The SMILES string of the molecule is O=C1CCCC(=O)N1CCCCNCCSP(=O)([O-])O.[Na+]. The van der Waals surface area contributed by atoms with E-state index in [9.17, 15) is 19.0 Å². The zero-order chi connectivity index (χ0) is 15.0. The van der Waals surface area contributed by atoms with Gasteiger partial charge in [-0.1, -0.05) is 11.4 Å². The van der Waals surface area contributed by atoms with E-state index >= 15 is 0 Å². The number of rotatable bonds is 9. The number of piperidine rings is 1. The van der Waals surface area contributed by atoms with E-state index in [1.165, 1.54) is 4.90 Å². The number of unbranched alkanes of at least 4 members (excludes halogenated alkanes) is 1. The number of likely N-dealkylation sites (tertiary alicyclic amines) is 1. The first-order valence-electron chi connectivity index (χ1n) is 6.62. The number of hydrogen-bond donors (Lipinski definition) is 2. The first-order valence-corrected chi connectivity index (χ1v) is 9.79. The summed E-state index contributed by atoms with van der Waals surface area (Å²) in [5, 5.41) is 3.04. The Morgan fingerprint density at radius 3 is 2.43 bits per heavy atom. The van der Waals surface area contributed by atoms with Gasteiger partial charge in [0.1, 0.15) is 0 Å². The molecule has 1 unspecified atom stereocenters. The number of hydrogen-bond acceptors (Lipinski definition) is 6. The van der Waals surface area contributed by atoms with Gasteiger partial charge >= 0.3 is 29.6 Å². The molecule has 1 aliphatic rings. The Labute approximate surface area is 150 Å². The molecule has 1 saturated heterocycles. The van der Waals surface area contributed by atoms with Crippen molar-refractivity contribution in [3.05, 3.63) is 0 Å². The van der Waals surface area contributed by atoms with E-state index in [0.29, 0.717) is 56.0 Å². The van der Waals surface area contributed by atoms with Gasteiger partial charge in [-0.25, -0.2) is 0 Å². The van der Waals surface area contributed by atoms with E-state index < -0.39 is 6.80 Å². The second-order valence-corrected chi connectivity index (χ2v) is 8.31. The van der Waals surface area contributed by atoms with Crippen molar-refractivity contribution in [1.29, 1.82) is 0 Å². The zero-order valence-corrected chi connectivity index (χ0v) is 16.0. The number of imide groups is 1. The third-order valence-electron chi connectivity index (χ3n) is 2.90. The van der Waals surface area contributed by atoms with Crippen LogP contribution in [0, 0.1) is 0 Å². The van der Waals surface area contributed by atoms with Gasteiger partial charge in [0.2, 0.25) is 11.8 Å². The molecule has 7 nitrogen and oxygen atoms in total. The number of amides is 2. The molecular formula is C11H20N2NaO5PS. The van der Waals surface area contributed by atoms with Crippen LogP contribution < -0.4 is 39.8 Å². The van der Waals surface area contributed by atoms with Crippen LogP contribution in [0.4, 0.5) is 0 Å². The molecular weight excluding hydrogens is 326 g/mol. The fraction of sp³-hybridized carbons (Fsp3) is 0.818. The molecule has 0 aromatic carbocycles. The Kier molecular flexibility index (Phi) is 11.5. The Hall–Kier alpha value is 0.600. The van der Waals surface area contributed by atoms with E-state index in [2.05, 4.69) is 5.32 Å². The number of nitrogens with zero attached hydrogens (tertiary/aromatic N) is 1. The Morgan fingerprint density at radius 2 is 1.86 bits per heavy atom. The third kappa shape index (κ3) is 10.1. The van der Waals surface area contributed by atoms with Crippen LogP contribution in [0.2, 0.25) is 0 Å². The second kappa shape index (κ2) is 11.2. The Bertz CT molecular complexity index is 377. The van der Waals surface area contributed by atoms with Crippen LogP contribution in [0.3, 0.4) is 0 Å². The molecule has 0 saturated carbocycles. The molecule has 1 fully saturated rings. The summed E-state index contributed by atoms with van der Waals surface area (Å²) in [7, 11) is 0. The molecule has 21 heavy (non-hydrogen) atoms. The molecule has 0 aromatic heterocycles. The Balaban J connectivity index is 0.00000400. The molecule has 0 aromatic rings. The molecule has 1 rings (SSSR count). The van der Waals surface area contributed by atoms with E-state index in [1.54, 1.807) is 0 Å². The predicted octanol–water partition coefficient (Wildman–Crippen LogP) is -2.91. The van der Waals surface area contributed by atoms with Crippen LogP contribution in [0.5, 0.6) is 0 Å². The molecule has 2 amide bonds. The van der Waals surface area contributed by atoms with Gasteiger partial charge in [-0.15, -0.1) is 0 Å². The number of carbonyl (C=O) groups excluding carboxylic acids is 2. The first kappa shape index (κ1) is 21.6. The van der Waals surface area contributed by atoms with Crippen LogP contribution >= 0.6 is 18.2 Å². The molecule has 2 N–H and O–H groups in total. The zero-order valence-electron chi connectivity index (χ0n) is 12.2. The van der Waals surface area contributed by atoms with Crippen molar-refractivity contribution in [3.63, 3.8) is 0 Å². The summed E-state index contributed by atoms with van der Waals surface area (Å²) in [6.45, 7) is -2.58. The Morgan fingerprint density at radius 1 is 1.24 bits per heavy atom. The predicted molar refractivity (Wildman–Crippen MR) is 75.0 cm³/mol. The average molecular weight is 346 g/mol. The van der Waals surface area contributed by atoms with Gasteiger partial charge in [0.25, 0.3) is 0 Å². The summed E-state index contributed by atoms with van der Waals surface area (Å²) < 4.78 is 10.5. The van der Waals surface area contributed by atoms with Crippen molar-refractivity contribution in [2.24, 2.45) is 0 Å².